The minimum absolute atomic E-state index is 0.192. The fourth-order valence-corrected chi connectivity index (χ4v) is 2.87. The molecule has 144 valence electrons. The molecule has 0 unspecified atom stereocenters. The van der Waals surface area contributed by atoms with E-state index in [9.17, 15) is 4.79 Å². The van der Waals surface area contributed by atoms with Crippen LogP contribution >= 0.6 is 0 Å². The lowest BCUT2D eigenvalue weighted by molar-refractivity contribution is 0.102. The highest BCUT2D eigenvalue weighted by atomic mass is 16.5. The van der Waals surface area contributed by atoms with Gasteiger partial charge in [-0.3, -0.25) is 4.79 Å². The highest BCUT2D eigenvalue weighted by Crippen LogP contribution is 2.26. The van der Waals surface area contributed by atoms with Gasteiger partial charge in [0, 0.05) is 11.6 Å². The summed E-state index contributed by atoms with van der Waals surface area (Å²) in [5.74, 6) is 0.684. The number of pyridine rings is 1. The lowest BCUT2D eigenvalue weighted by Crippen LogP contribution is -2.22. The van der Waals surface area contributed by atoms with Crippen LogP contribution < -0.4 is 15.6 Å². The zero-order valence-corrected chi connectivity index (χ0v) is 16.0. The van der Waals surface area contributed by atoms with Gasteiger partial charge in [-0.15, -0.1) is 0 Å². The molecule has 0 fully saturated rings. The number of nitrogens with one attached hydrogen (secondary N) is 1. The van der Waals surface area contributed by atoms with Gasteiger partial charge in [-0.2, -0.15) is 0 Å². The maximum Gasteiger partial charge on any atom is 0.262 e. The topological polar surface area (TPSA) is 76.7 Å². The average Bonchev–Trinajstić information content (AvgIpc) is 2.75. The largest absolute Gasteiger partial charge is 0.494 e. The Kier molecular flexibility index (Phi) is 5.07. The van der Waals surface area contributed by atoms with Gasteiger partial charge in [-0.1, -0.05) is 36.4 Å². The zero-order chi connectivity index (χ0) is 20.2. The Balaban J connectivity index is 1.85. The van der Waals surface area contributed by atoms with Crippen molar-refractivity contribution in [3.8, 4) is 5.75 Å². The third-order valence-corrected chi connectivity index (χ3v) is 4.36. The number of aromatic nitrogens is 1. The number of amides is 1. The van der Waals surface area contributed by atoms with Gasteiger partial charge in [-0.05, 0) is 42.8 Å². The van der Waals surface area contributed by atoms with Gasteiger partial charge < -0.3 is 14.5 Å². The molecule has 4 aromatic rings. The van der Waals surface area contributed by atoms with Crippen LogP contribution in [-0.4, -0.2) is 18.0 Å². The van der Waals surface area contributed by atoms with Crippen LogP contribution in [0.15, 0.2) is 82.3 Å². The van der Waals surface area contributed by atoms with E-state index in [-0.39, 0.29) is 11.5 Å². The highest BCUT2D eigenvalue weighted by molar-refractivity contribution is 6.04. The summed E-state index contributed by atoms with van der Waals surface area (Å²) in [5.41, 5.74) is 2.70. The Bertz CT molecular complexity index is 1240. The number of carbonyl (C=O) groups excluding carboxylic acids is 1. The van der Waals surface area contributed by atoms with E-state index in [1.54, 1.807) is 37.6 Å². The summed E-state index contributed by atoms with van der Waals surface area (Å²) >= 11 is 0. The fourth-order valence-electron chi connectivity index (χ4n) is 2.87. The van der Waals surface area contributed by atoms with Crippen LogP contribution in [0.25, 0.3) is 11.0 Å². The Morgan fingerprint density at radius 3 is 2.66 bits per heavy atom. The van der Waals surface area contributed by atoms with Crippen LogP contribution in [0.3, 0.4) is 0 Å². The molecular formula is C23H19N3O3. The average molecular weight is 385 g/mol. The number of anilines is 1. The van der Waals surface area contributed by atoms with Crippen molar-refractivity contribution < 1.29 is 13.9 Å². The molecule has 0 aliphatic heterocycles. The minimum atomic E-state index is -0.357. The lowest BCUT2D eigenvalue weighted by atomic mass is 10.1. The number of nitrogens with zero attached hydrogens (tertiary/aromatic N) is 2. The van der Waals surface area contributed by atoms with Crippen molar-refractivity contribution >= 4 is 28.4 Å². The molecule has 0 radical (unpaired) electrons. The summed E-state index contributed by atoms with van der Waals surface area (Å²) in [6.07, 6.45) is 1.69. The number of hydrogen-bond donors (Lipinski definition) is 1. The molecule has 0 aliphatic carbocycles. The summed E-state index contributed by atoms with van der Waals surface area (Å²) in [4.78, 5) is 21.8. The second-order valence-electron chi connectivity index (χ2n) is 6.46. The monoisotopic (exact) mass is 385 g/mol. The molecule has 0 bridgehead atoms. The predicted molar refractivity (Wildman–Crippen MR) is 111 cm³/mol. The minimum Gasteiger partial charge on any atom is -0.494 e. The van der Waals surface area contributed by atoms with Crippen molar-refractivity contribution in [2.45, 2.75) is 6.92 Å². The molecule has 29 heavy (non-hydrogen) atoms. The van der Waals surface area contributed by atoms with Gasteiger partial charge in [0.25, 0.3) is 5.91 Å². The zero-order valence-electron chi connectivity index (χ0n) is 16.0. The van der Waals surface area contributed by atoms with Crippen molar-refractivity contribution in [3.05, 3.63) is 89.6 Å². The molecule has 1 amide bonds. The van der Waals surface area contributed by atoms with Crippen molar-refractivity contribution in [2.75, 3.05) is 12.4 Å². The van der Waals surface area contributed by atoms with E-state index in [2.05, 4.69) is 15.3 Å². The molecule has 0 aliphatic rings. The van der Waals surface area contributed by atoms with E-state index in [4.69, 9.17) is 9.15 Å². The summed E-state index contributed by atoms with van der Waals surface area (Å²) < 4.78 is 11.3. The summed E-state index contributed by atoms with van der Waals surface area (Å²) in [5, 5.41) is 3.60. The second kappa shape index (κ2) is 7.98. The molecule has 0 saturated heterocycles. The number of benzene rings is 2. The highest BCUT2D eigenvalue weighted by Gasteiger charge is 2.14. The first-order valence-corrected chi connectivity index (χ1v) is 9.09. The van der Waals surface area contributed by atoms with Gasteiger partial charge in [0.1, 0.15) is 28.4 Å². The number of para-hydroxylation sites is 3. The van der Waals surface area contributed by atoms with Gasteiger partial charge >= 0.3 is 0 Å². The van der Waals surface area contributed by atoms with Crippen LogP contribution in [0.2, 0.25) is 0 Å². The van der Waals surface area contributed by atoms with Crippen molar-refractivity contribution in [1.29, 1.82) is 0 Å². The standard InChI is InChI=1S/C23H19N3O3/c1-15-11-12-21(24-14-15)26-22(27)17-13-16-7-3-5-9-19(16)29-23(17)25-18-8-4-6-10-20(18)28-2/h3-14H,1-2H3,(H,24,26,27). The third kappa shape index (κ3) is 4.01. The van der Waals surface area contributed by atoms with Gasteiger partial charge in [0.05, 0.1) is 7.11 Å². The normalized spacial score (nSPS) is 11.4. The van der Waals surface area contributed by atoms with Crippen LogP contribution in [0.4, 0.5) is 11.5 Å². The molecule has 1 N–H and O–H groups in total. The molecule has 2 heterocycles. The van der Waals surface area contributed by atoms with Crippen LogP contribution in [0.1, 0.15) is 15.9 Å². The molecule has 0 atom stereocenters. The summed E-state index contributed by atoms with van der Waals surface area (Å²) in [6, 6.07) is 20.2. The van der Waals surface area contributed by atoms with Crippen molar-refractivity contribution in [1.82, 2.24) is 4.98 Å². The Labute approximate surface area is 167 Å². The quantitative estimate of drug-likeness (QED) is 0.556. The van der Waals surface area contributed by atoms with E-state index in [1.807, 2.05) is 49.4 Å². The Morgan fingerprint density at radius 2 is 1.86 bits per heavy atom. The maximum atomic E-state index is 13.0. The maximum absolute atomic E-state index is 13.0. The number of ether oxygens (including phenoxy) is 1. The predicted octanol–water partition coefficient (Wildman–Crippen LogP) is 4.63. The number of carbonyl (C=O) groups is 1. The first-order chi connectivity index (χ1) is 14.1. The number of methoxy groups -OCH3 is 1. The molecule has 0 saturated carbocycles. The number of rotatable bonds is 4. The first kappa shape index (κ1) is 18.4. The van der Waals surface area contributed by atoms with Gasteiger partial charge in [0.15, 0.2) is 0 Å². The first-order valence-electron chi connectivity index (χ1n) is 9.09. The van der Waals surface area contributed by atoms with Crippen molar-refractivity contribution in [2.24, 2.45) is 4.99 Å². The summed E-state index contributed by atoms with van der Waals surface area (Å²) in [6.45, 7) is 1.94. The molecule has 2 aromatic carbocycles. The molecule has 0 spiro atoms. The lowest BCUT2D eigenvalue weighted by Gasteiger charge is -2.07. The molecule has 2 aromatic heterocycles. The van der Waals surface area contributed by atoms with Crippen LogP contribution in [0, 0.1) is 6.92 Å². The SMILES string of the molecule is COc1ccccc1N=c1oc2ccccc2cc1C(=O)Nc1ccc(C)cn1. The number of aryl methyl sites for hydroxylation is 1. The Morgan fingerprint density at radius 1 is 1.07 bits per heavy atom. The van der Waals surface area contributed by atoms with Gasteiger partial charge in [-0.25, -0.2) is 9.98 Å². The molecule has 6 heteroatoms. The fraction of sp³-hybridized carbons (Fsp3) is 0.0870. The van der Waals surface area contributed by atoms with E-state index in [0.29, 0.717) is 28.4 Å². The Hall–Kier alpha value is -3.93. The molecular weight excluding hydrogens is 366 g/mol. The number of hydrogen-bond acceptors (Lipinski definition) is 5. The van der Waals surface area contributed by atoms with E-state index in [1.165, 1.54) is 0 Å². The van der Waals surface area contributed by atoms with E-state index in [0.717, 1.165) is 10.9 Å². The van der Waals surface area contributed by atoms with Crippen LogP contribution in [0.5, 0.6) is 5.75 Å². The van der Waals surface area contributed by atoms with Gasteiger partial charge in [0.2, 0.25) is 5.55 Å². The summed E-state index contributed by atoms with van der Waals surface area (Å²) in [7, 11) is 1.57. The number of fused-ring (bicyclic) bond motifs is 1. The van der Waals surface area contributed by atoms with E-state index < -0.39 is 0 Å². The van der Waals surface area contributed by atoms with E-state index >= 15 is 0 Å². The van der Waals surface area contributed by atoms with Crippen molar-refractivity contribution in [3.63, 3.8) is 0 Å². The second-order valence-corrected chi connectivity index (χ2v) is 6.46. The molecule has 4 rings (SSSR count). The van der Waals surface area contributed by atoms with Crippen LogP contribution in [-0.2, 0) is 0 Å². The third-order valence-electron chi connectivity index (χ3n) is 4.36. The smallest absolute Gasteiger partial charge is 0.262 e. The molecule has 6 nitrogen and oxygen atoms in total.